The zero-order valence-corrected chi connectivity index (χ0v) is 17.9. The molecule has 2 aromatic rings. The van der Waals surface area contributed by atoms with Gasteiger partial charge in [0, 0.05) is 23.3 Å². The van der Waals surface area contributed by atoms with Crippen LogP contribution in [0.25, 0.3) is 0 Å². The van der Waals surface area contributed by atoms with Crippen molar-refractivity contribution in [2.45, 2.75) is 61.5 Å². The number of carboxylic acid groups (broad SMARTS) is 1. The van der Waals surface area contributed by atoms with E-state index in [1.165, 1.54) is 24.1 Å². The molecule has 6 heteroatoms. The van der Waals surface area contributed by atoms with Crippen LogP contribution in [0.3, 0.4) is 0 Å². The van der Waals surface area contributed by atoms with Crippen molar-refractivity contribution in [3.8, 4) is 5.75 Å². The molecular weight excluding hydrogens is 398 g/mol. The number of aromatic hydroxyl groups is 1. The second-order valence-corrected chi connectivity index (χ2v) is 9.47. The van der Waals surface area contributed by atoms with E-state index in [1.807, 2.05) is 30.0 Å². The number of hydrogen-bond acceptors (Lipinski definition) is 4. The first-order valence-corrected chi connectivity index (χ1v) is 11.4. The SMILES string of the molecule is O=C(CC1(SCc2ccccc2)CCCCC1)N[C@@H](Cc1ccc(O)cc1)C(=O)O. The van der Waals surface area contributed by atoms with Crippen molar-refractivity contribution < 1.29 is 19.8 Å². The van der Waals surface area contributed by atoms with Crippen LogP contribution in [0.1, 0.15) is 49.7 Å². The topological polar surface area (TPSA) is 86.6 Å². The van der Waals surface area contributed by atoms with Gasteiger partial charge in [-0.1, -0.05) is 61.7 Å². The summed E-state index contributed by atoms with van der Waals surface area (Å²) < 4.78 is -0.139. The van der Waals surface area contributed by atoms with Gasteiger partial charge in [0.05, 0.1) is 0 Å². The van der Waals surface area contributed by atoms with E-state index in [2.05, 4.69) is 17.4 Å². The van der Waals surface area contributed by atoms with Gasteiger partial charge in [-0.3, -0.25) is 4.79 Å². The fraction of sp³-hybridized carbons (Fsp3) is 0.417. The van der Waals surface area contributed by atoms with Crippen LogP contribution >= 0.6 is 11.8 Å². The summed E-state index contributed by atoms with van der Waals surface area (Å²) in [6.45, 7) is 0. The number of nitrogens with one attached hydrogen (secondary N) is 1. The van der Waals surface area contributed by atoms with Crippen LogP contribution in [0.2, 0.25) is 0 Å². The molecule has 160 valence electrons. The Hall–Kier alpha value is -2.47. The summed E-state index contributed by atoms with van der Waals surface area (Å²) in [5.74, 6) is -0.275. The summed E-state index contributed by atoms with van der Waals surface area (Å²) in [7, 11) is 0. The van der Waals surface area contributed by atoms with E-state index in [0.717, 1.165) is 37.0 Å². The number of hydrogen-bond donors (Lipinski definition) is 3. The quantitative estimate of drug-likeness (QED) is 0.547. The number of benzene rings is 2. The Morgan fingerprint density at radius 1 is 0.967 bits per heavy atom. The average molecular weight is 428 g/mol. The lowest BCUT2D eigenvalue weighted by molar-refractivity contribution is -0.141. The van der Waals surface area contributed by atoms with Crippen molar-refractivity contribution >= 4 is 23.6 Å². The van der Waals surface area contributed by atoms with Gasteiger partial charge in [-0.25, -0.2) is 4.79 Å². The summed E-state index contributed by atoms with van der Waals surface area (Å²) in [4.78, 5) is 24.6. The highest BCUT2D eigenvalue weighted by atomic mass is 32.2. The van der Waals surface area contributed by atoms with E-state index in [4.69, 9.17) is 0 Å². The predicted octanol–water partition coefficient (Wildman–Crippen LogP) is 4.53. The van der Waals surface area contributed by atoms with Crippen LogP contribution in [0.4, 0.5) is 0 Å². The fourth-order valence-electron chi connectivity index (χ4n) is 3.98. The van der Waals surface area contributed by atoms with E-state index in [0.29, 0.717) is 6.42 Å². The molecule has 1 fully saturated rings. The summed E-state index contributed by atoms with van der Waals surface area (Å²) in [5, 5.41) is 21.7. The number of amides is 1. The second kappa shape index (κ2) is 10.5. The molecule has 0 spiro atoms. The summed E-state index contributed by atoms with van der Waals surface area (Å²) in [6.07, 6.45) is 5.88. The molecular formula is C24H29NO4S. The molecule has 3 N–H and O–H groups in total. The highest BCUT2D eigenvalue weighted by Crippen LogP contribution is 2.44. The molecule has 0 bridgehead atoms. The van der Waals surface area contributed by atoms with Crippen LogP contribution in [0.15, 0.2) is 54.6 Å². The number of carbonyl (C=O) groups is 2. The van der Waals surface area contributed by atoms with E-state index in [-0.39, 0.29) is 22.8 Å². The van der Waals surface area contributed by atoms with E-state index in [1.54, 1.807) is 12.1 Å². The molecule has 5 nitrogen and oxygen atoms in total. The van der Waals surface area contributed by atoms with Crippen LogP contribution in [-0.4, -0.2) is 32.9 Å². The standard InChI is InChI=1S/C24H29NO4S/c26-20-11-9-18(10-12-20)15-21(23(28)29)25-22(27)16-24(13-5-2-6-14-24)30-17-19-7-3-1-4-8-19/h1,3-4,7-12,21,26H,2,5-6,13-17H2,(H,25,27)(H,28,29)/t21-/m0/s1. The molecule has 1 aliphatic carbocycles. The smallest absolute Gasteiger partial charge is 0.326 e. The Balaban J connectivity index is 1.63. The van der Waals surface area contributed by atoms with Crippen LogP contribution in [-0.2, 0) is 21.8 Å². The van der Waals surface area contributed by atoms with Gasteiger partial charge >= 0.3 is 5.97 Å². The minimum Gasteiger partial charge on any atom is -0.508 e. The molecule has 1 saturated carbocycles. The first kappa shape index (κ1) is 22.2. The fourth-order valence-corrected chi connectivity index (χ4v) is 5.46. The van der Waals surface area contributed by atoms with Crippen LogP contribution in [0.5, 0.6) is 5.75 Å². The van der Waals surface area contributed by atoms with Gasteiger partial charge < -0.3 is 15.5 Å². The highest BCUT2D eigenvalue weighted by Gasteiger charge is 2.35. The maximum Gasteiger partial charge on any atom is 0.326 e. The lowest BCUT2D eigenvalue weighted by Crippen LogP contribution is -2.45. The molecule has 0 aliphatic heterocycles. The van der Waals surface area contributed by atoms with E-state index >= 15 is 0 Å². The monoisotopic (exact) mass is 427 g/mol. The van der Waals surface area contributed by atoms with Gasteiger partial charge in [-0.15, -0.1) is 11.8 Å². The molecule has 0 radical (unpaired) electrons. The van der Waals surface area contributed by atoms with Crippen molar-refractivity contribution in [2.24, 2.45) is 0 Å². The third-order valence-corrected chi connectivity index (χ3v) is 7.29. The summed E-state index contributed by atoms with van der Waals surface area (Å²) in [6, 6.07) is 15.7. The Morgan fingerprint density at radius 2 is 1.63 bits per heavy atom. The first-order valence-electron chi connectivity index (χ1n) is 10.4. The largest absolute Gasteiger partial charge is 0.508 e. The van der Waals surface area contributed by atoms with Gasteiger partial charge in [0.2, 0.25) is 5.91 Å². The van der Waals surface area contributed by atoms with Crippen LogP contribution < -0.4 is 5.32 Å². The molecule has 0 unspecified atom stereocenters. The molecule has 2 aromatic carbocycles. The minimum absolute atomic E-state index is 0.129. The number of rotatable bonds is 9. The van der Waals surface area contributed by atoms with Crippen molar-refractivity contribution in [1.29, 1.82) is 0 Å². The lowest BCUT2D eigenvalue weighted by Gasteiger charge is -2.36. The Bertz CT molecular complexity index is 832. The van der Waals surface area contributed by atoms with E-state index < -0.39 is 12.0 Å². The third-order valence-electron chi connectivity index (χ3n) is 5.64. The van der Waals surface area contributed by atoms with Crippen molar-refractivity contribution in [1.82, 2.24) is 5.32 Å². The molecule has 1 atom stereocenters. The Kier molecular flexibility index (Phi) is 7.80. The van der Waals surface area contributed by atoms with E-state index in [9.17, 15) is 19.8 Å². The highest BCUT2D eigenvalue weighted by molar-refractivity contribution is 7.99. The van der Waals surface area contributed by atoms with Gasteiger partial charge in [0.25, 0.3) is 0 Å². The van der Waals surface area contributed by atoms with Gasteiger partial charge in [-0.2, -0.15) is 0 Å². The molecule has 0 aromatic heterocycles. The number of carboxylic acids is 1. The number of aliphatic carboxylic acids is 1. The maximum atomic E-state index is 12.9. The Morgan fingerprint density at radius 3 is 2.27 bits per heavy atom. The number of carbonyl (C=O) groups excluding carboxylic acids is 1. The van der Waals surface area contributed by atoms with Crippen molar-refractivity contribution in [3.05, 3.63) is 65.7 Å². The second-order valence-electron chi connectivity index (χ2n) is 8.02. The first-order chi connectivity index (χ1) is 14.5. The van der Waals surface area contributed by atoms with Gasteiger partial charge in [-0.05, 0) is 36.1 Å². The molecule has 0 saturated heterocycles. The molecule has 1 aliphatic rings. The minimum atomic E-state index is -1.05. The summed E-state index contributed by atoms with van der Waals surface area (Å²) in [5.41, 5.74) is 2.00. The zero-order valence-electron chi connectivity index (χ0n) is 17.0. The molecule has 0 heterocycles. The predicted molar refractivity (Wildman–Crippen MR) is 120 cm³/mol. The van der Waals surface area contributed by atoms with Crippen molar-refractivity contribution in [2.75, 3.05) is 0 Å². The van der Waals surface area contributed by atoms with Crippen molar-refractivity contribution in [3.63, 3.8) is 0 Å². The zero-order chi connectivity index (χ0) is 21.4. The number of phenolic OH excluding ortho intramolecular Hbond substituents is 1. The normalized spacial score (nSPS) is 16.5. The number of phenols is 1. The lowest BCUT2D eigenvalue weighted by atomic mass is 9.85. The number of thioether (sulfide) groups is 1. The Labute approximate surface area is 181 Å². The third kappa shape index (κ3) is 6.52. The molecule has 1 amide bonds. The van der Waals surface area contributed by atoms with Crippen LogP contribution in [0, 0.1) is 0 Å². The average Bonchev–Trinajstić information content (AvgIpc) is 2.75. The molecule has 30 heavy (non-hydrogen) atoms. The summed E-state index contributed by atoms with van der Waals surface area (Å²) >= 11 is 1.83. The maximum absolute atomic E-state index is 12.9. The van der Waals surface area contributed by atoms with Gasteiger partial charge in [0.15, 0.2) is 0 Å². The van der Waals surface area contributed by atoms with Gasteiger partial charge in [0.1, 0.15) is 11.8 Å². The molecule has 3 rings (SSSR count).